The predicted molar refractivity (Wildman–Crippen MR) is 68.3 cm³/mol. The van der Waals surface area contributed by atoms with Crippen LogP contribution in [0.2, 0.25) is 0 Å². The average molecular weight is 242 g/mol. The van der Waals surface area contributed by atoms with Crippen LogP contribution in [0.5, 0.6) is 0 Å². The zero-order chi connectivity index (χ0) is 12.8. The van der Waals surface area contributed by atoms with E-state index >= 15 is 0 Å². The van der Waals surface area contributed by atoms with E-state index in [1.165, 1.54) is 0 Å². The van der Waals surface area contributed by atoms with Crippen LogP contribution in [0.3, 0.4) is 0 Å². The molecule has 0 spiro atoms. The van der Waals surface area contributed by atoms with Crippen molar-refractivity contribution in [3.8, 4) is 0 Å². The Kier molecular flexibility index (Phi) is 2.35. The monoisotopic (exact) mass is 242 g/mol. The molecule has 4 nitrogen and oxygen atoms in total. The lowest BCUT2D eigenvalue weighted by Gasteiger charge is -2.20. The second-order valence-electron chi connectivity index (χ2n) is 4.89. The van der Waals surface area contributed by atoms with Crippen molar-refractivity contribution in [2.45, 2.75) is 24.3 Å². The predicted octanol–water partition coefficient (Wildman–Crippen LogP) is 1.68. The van der Waals surface area contributed by atoms with Gasteiger partial charge < -0.3 is 10.8 Å². The van der Waals surface area contributed by atoms with Crippen molar-refractivity contribution >= 4 is 16.9 Å². The van der Waals surface area contributed by atoms with Crippen LogP contribution in [-0.4, -0.2) is 22.1 Å². The van der Waals surface area contributed by atoms with E-state index < -0.39 is 17.4 Å². The number of para-hydroxylation sites is 1. The van der Waals surface area contributed by atoms with Crippen LogP contribution >= 0.6 is 0 Å². The average Bonchev–Trinajstić information content (AvgIpc) is 3.18. The number of aliphatic carboxylic acids is 1. The van der Waals surface area contributed by atoms with Crippen LogP contribution in [0.15, 0.2) is 36.5 Å². The molecule has 0 aliphatic heterocycles. The van der Waals surface area contributed by atoms with Gasteiger partial charge in [0.2, 0.25) is 0 Å². The molecule has 0 bridgehead atoms. The molecule has 1 aromatic heterocycles. The summed E-state index contributed by atoms with van der Waals surface area (Å²) in [7, 11) is 0. The fourth-order valence-electron chi connectivity index (χ4n) is 2.49. The zero-order valence-corrected chi connectivity index (χ0v) is 9.84. The first kappa shape index (κ1) is 11.2. The Bertz CT molecular complexity index is 620. The highest BCUT2D eigenvalue weighted by atomic mass is 16.4. The van der Waals surface area contributed by atoms with Crippen molar-refractivity contribution in [3.05, 3.63) is 42.1 Å². The van der Waals surface area contributed by atoms with Crippen molar-refractivity contribution < 1.29 is 9.90 Å². The molecule has 3 N–H and O–H groups in total. The number of rotatable bonds is 3. The lowest BCUT2D eigenvalue weighted by molar-refractivity contribution is -0.139. The van der Waals surface area contributed by atoms with Crippen molar-refractivity contribution in [1.29, 1.82) is 0 Å². The minimum atomic E-state index is -0.944. The summed E-state index contributed by atoms with van der Waals surface area (Å²) in [5, 5.41) is 10.1. The summed E-state index contributed by atoms with van der Waals surface area (Å²) in [6.45, 7) is 0. The van der Waals surface area contributed by atoms with Crippen LogP contribution in [0.4, 0.5) is 0 Å². The summed E-state index contributed by atoms with van der Waals surface area (Å²) >= 11 is 0. The molecular formula is C14H14N2O2. The van der Waals surface area contributed by atoms with Gasteiger partial charge in [0, 0.05) is 17.0 Å². The number of nitrogens with zero attached hydrogens (tertiary/aromatic N) is 1. The number of aromatic nitrogens is 1. The summed E-state index contributed by atoms with van der Waals surface area (Å²) in [4.78, 5) is 15.5. The normalized spacial score (nSPS) is 18.5. The molecule has 1 heterocycles. The molecule has 0 amide bonds. The van der Waals surface area contributed by atoms with E-state index in [-0.39, 0.29) is 0 Å². The largest absolute Gasteiger partial charge is 0.480 e. The Morgan fingerprint density at radius 2 is 2.11 bits per heavy atom. The first-order valence-corrected chi connectivity index (χ1v) is 5.97. The van der Waals surface area contributed by atoms with Gasteiger partial charge in [-0.3, -0.25) is 9.78 Å². The molecule has 1 atom stereocenters. The zero-order valence-electron chi connectivity index (χ0n) is 9.84. The molecule has 3 rings (SSSR count). The van der Waals surface area contributed by atoms with E-state index in [0.29, 0.717) is 0 Å². The highest BCUT2D eigenvalue weighted by Crippen LogP contribution is 2.50. The standard InChI is InChI=1S/C14H14N2O2/c15-12(13(17)18)14(5-6-14)10-7-9-3-1-2-4-11(9)16-8-10/h1-4,7-8,12H,5-6,15H2,(H,17,18). The van der Waals surface area contributed by atoms with E-state index in [9.17, 15) is 4.79 Å². The van der Waals surface area contributed by atoms with Gasteiger partial charge in [-0.15, -0.1) is 0 Å². The third kappa shape index (κ3) is 1.57. The van der Waals surface area contributed by atoms with E-state index in [4.69, 9.17) is 10.8 Å². The van der Waals surface area contributed by atoms with Crippen molar-refractivity contribution in [3.63, 3.8) is 0 Å². The van der Waals surface area contributed by atoms with Crippen LogP contribution in [0.1, 0.15) is 18.4 Å². The third-order valence-corrected chi connectivity index (χ3v) is 3.82. The Labute approximate surface area is 104 Å². The minimum absolute atomic E-state index is 0.414. The number of benzene rings is 1. The number of hydrogen-bond acceptors (Lipinski definition) is 3. The number of nitrogens with two attached hydrogens (primary N) is 1. The van der Waals surface area contributed by atoms with Crippen molar-refractivity contribution in [1.82, 2.24) is 4.98 Å². The fraction of sp³-hybridized carbons (Fsp3) is 0.286. The van der Waals surface area contributed by atoms with Gasteiger partial charge >= 0.3 is 5.97 Å². The topological polar surface area (TPSA) is 76.2 Å². The number of carbonyl (C=O) groups is 1. The van der Waals surface area contributed by atoms with Crippen LogP contribution in [-0.2, 0) is 10.2 Å². The third-order valence-electron chi connectivity index (χ3n) is 3.82. The lowest BCUT2D eigenvalue weighted by atomic mass is 9.89. The molecule has 1 unspecified atom stereocenters. The molecule has 1 aromatic carbocycles. The minimum Gasteiger partial charge on any atom is -0.480 e. The van der Waals surface area contributed by atoms with Crippen LogP contribution in [0.25, 0.3) is 10.9 Å². The summed E-state index contributed by atoms with van der Waals surface area (Å²) in [5.74, 6) is -0.944. The Hall–Kier alpha value is -1.94. The molecule has 18 heavy (non-hydrogen) atoms. The lowest BCUT2D eigenvalue weighted by Crippen LogP contribution is -2.42. The number of fused-ring (bicyclic) bond motifs is 1. The van der Waals surface area contributed by atoms with Gasteiger partial charge in [-0.1, -0.05) is 18.2 Å². The Morgan fingerprint density at radius 3 is 2.78 bits per heavy atom. The van der Waals surface area contributed by atoms with Gasteiger partial charge in [-0.2, -0.15) is 0 Å². The maximum absolute atomic E-state index is 11.1. The van der Waals surface area contributed by atoms with Gasteiger partial charge in [-0.25, -0.2) is 0 Å². The second-order valence-corrected chi connectivity index (χ2v) is 4.89. The van der Waals surface area contributed by atoms with E-state index in [1.54, 1.807) is 6.20 Å². The van der Waals surface area contributed by atoms with E-state index in [0.717, 1.165) is 29.3 Å². The first-order chi connectivity index (χ1) is 8.63. The fourth-order valence-corrected chi connectivity index (χ4v) is 2.49. The Morgan fingerprint density at radius 1 is 1.39 bits per heavy atom. The van der Waals surface area contributed by atoms with Crippen LogP contribution < -0.4 is 5.73 Å². The summed E-state index contributed by atoms with van der Waals surface area (Å²) < 4.78 is 0. The summed E-state index contributed by atoms with van der Waals surface area (Å²) in [6.07, 6.45) is 3.40. The van der Waals surface area contributed by atoms with Gasteiger partial charge in [0.05, 0.1) is 5.52 Å². The smallest absolute Gasteiger partial charge is 0.321 e. The quantitative estimate of drug-likeness (QED) is 0.858. The SMILES string of the molecule is NC(C(=O)O)C1(c2cnc3ccccc3c2)CC1. The maximum Gasteiger partial charge on any atom is 0.321 e. The van der Waals surface area contributed by atoms with Gasteiger partial charge in [0.1, 0.15) is 6.04 Å². The molecule has 1 aliphatic rings. The van der Waals surface area contributed by atoms with Crippen molar-refractivity contribution in [2.24, 2.45) is 5.73 Å². The molecule has 4 heteroatoms. The summed E-state index contributed by atoms with van der Waals surface area (Å²) in [6, 6.07) is 8.97. The molecule has 1 aliphatic carbocycles. The first-order valence-electron chi connectivity index (χ1n) is 5.97. The number of carboxylic acids is 1. The molecule has 0 radical (unpaired) electrons. The van der Waals surface area contributed by atoms with Crippen LogP contribution in [0, 0.1) is 0 Å². The second kappa shape index (κ2) is 3.78. The van der Waals surface area contributed by atoms with Gasteiger partial charge in [0.25, 0.3) is 0 Å². The highest BCUT2D eigenvalue weighted by Gasteiger charge is 2.52. The maximum atomic E-state index is 11.1. The van der Waals surface area contributed by atoms with Gasteiger partial charge in [-0.05, 0) is 30.5 Å². The number of hydrogen-bond donors (Lipinski definition) is 2. The molecule has 92 valence electrons. The molecule has 1 fully saturated rings. The number of pyridine rings is 1. The molecule has 2 aromatic rings. The molecule has 1 saturated carbocycles. The van der Waals surface area contributed by atoms with E-state index in [1.807, 2.05) is 30.3 Å². The van der Waals surface area contributed by atoms with E-state index in [2.05, 4.69) is 4.98 Å². The molecule has 0 saturated heterocycles. The molecular weight excluding hydrogens is 228 g/mol. The highest BCUT2D eigenvalue weighted by molar-refractivity contribution is 5.81. The van der Waals surface area contributed by atoms with Crippen molar-refractivity contribution in [2.75, 3.05) is 0 Å². The number of carboxylic acid groups (broad SMARTS) is 1. The van der Waals surface area contributed by atoms with Gasteiger partial charge in [0.15, 0.2) is 0 Å². The Balaban J connectivity index is 2.07. The summed E-state index contributed by atoms with van der Waals surface area (Å²) in [5.41, 5.74) is 7.25.